The Hall–Kier alpha value is -1.91. The van der Waals surface area contributed by atoms with Crippen molar-refractivity contribution in [1.82, 2.24) is 0 Å². The number of hydrogen-bond acceptors (Lipinski definition) is 5. The molecule has 0 atom stereocenters. The van der Waals surface area contributed by atoms with Crippen LogP contribution in [-0.4, -0.2) is 32.4 Å². The number of hydrogen-bond donors (Lipinski definition) is 0. The zero-order valence-electron chi connectivity index (χ0n) is 16.1. The zero-order chi connectivity index (χ0) is 18.5. The predicted octanol–water partition coefficient (Wildman–Crippen LogP) is 5.01. The van der Waals surface area contributed by atoms with Crippen molar-refractivity contribution in [2.75, 3.05) is 26.4 Å². The summed E-state index contributed by atoms with van der Waals surface area (Å²) in [5.41, 5.74) is 0.428. The van der Waals surface area contributed by atoms with E-state index in [2.05, 4.69) is 6.92 Å². The SMILES string of the molecule is CCCCOC(=O)c1cc(OCCC)c(OCCC)c(OCCC)c1. The Morgan fingerprint density at radius 2 is 1.28 bits per heavy atom. The van der Waals surface area contributed by atoms with Crippen LogP contribution in [0.1, 0.15) is 70.2 Å². The third kappa shape index (κ3) is 7.24. The molecule has 0 fully saturated rings. The number of unbranched alkanes of at least 4 members (excludes halogenated alkanes) is 1. The predicted molar refractivity (Wildman–Crippen MR) is 99.0 cm³/mol. The molecule has 0 aliphatic carbocycles. The number of carbonyl (C=O) groups excluding carboxylic acids is 1. The molecule has 5 heteroatoms. The number of esters is 1. The molecule has 0 spiro atoms. The maximum absolute atomic E-state index is 12.3. The summed E-state index contributed by atoms with van der Waals surface area (Å²) in [6, 6.07) is 3.38. The van der Waals surface area contributed by atoms with Crippen LogP contribution >= 0.6 is 0 Å². The van der Waals surface area contributed by atoms with Crippen LogP contribution in [0.15, 0.2) is 12.1 Å². The number of ether oxygens (including phenoxy) is 4. The third-order valence-corrected chi connectivity index (χ3v) is 3.36. The molecule has 0 aliphatic rings. The summed E-state index contributed by atoms with van der Waals surface area (Å²) in [5, 5.41) is 0. The zero-order valence-corrected chi connectivity index (χ0v) is 16.1. The Morgan fingerprint density at radius 3 is 1.76 bits per heavy atom. The Kier molecular flexibility index (Phi) is 10.5. The fraction of sp³-hybridized carbons (Fsp3) is 0.650. The van der Waals surface area contributed by atoms with Crippen molar-refractivity contribution in [3.05, 3.63) is 17.7 Å². The average molecular weight is 352 g/mol. The van der Waals surface area contributed by atoms with E-state index in [9.17, 15) is 4.79 Å². The summed E-state index contributed by atoms with van der Waals surface area (Å²) in [6.07, 6.45) is 4.43. The van der Waals surface area contributed by atoms with Crippen LogP contribution in [0.25, 0.3) is 0 Å². The third-order valence-electron chi connectivity index (χ3n) is 3.36. The second-order valence-electron chi connectivity index (χ2n) is 5.84. The molecule has 0 unspecified atom stereocenters. The van der Waals surface area contributed by atoms with Crippen LogP contribution in [0, 0.1) is 0 Å². The molecule has 0 heterocycles. The van der Waals surface area contributed by atoms with E-state index in [-0.39, 0.29) is 5.97 Å². The van der Waals surface area contributed by atoms with Crippen LogP contribution in [0.3, 0.4) is 0 Å². The van der Waals surface area contributed by atoms with E-state index in [1.807, 2.05) is 20.8 Å². The van der Waals surface area contributed by atoms with Gasteiger partial charge in [0, 0.05) is 0 Å². The first-order valence-electron chi connectivity index (χ1n) is 9.41. The van der Waals surface area contributed by atoms with Gasteiger partial charge in [0.05, 0.1) is 32.0 Å². The molecule has 0 saturated heterocycles. The van der Waals surface area contributed by atoms with Gasteiger partial charge in [-0.2, -0.15) is 0 Å². The minimum Gasteiger partial charge on any atom is -0.490 e. The van der Waals surface area contributed by atoms with E-state index in [1.165, 1.54) is 0 Å². The lowest BCUT2D eigenvalue weighted by Crippen LogP contribution is -2.10. The first-order chi connectivity index (χ1) is 12.2. The molecule has 0 aliphatic heterocycles. The van der Waals surface area contributed by atoms with Gasteiger partial charge in [0.2, 0.25) is 5.75 Å². The lowest BCUT2D eigenvalue weighted by Gasteiger charge is -2.18. The molecule has 0 amide bonds. The van der Waals surface area contributed by atoms with Gasteiger partial charge >= 0.3 is 5.97 Å². The molecule has 0 bridgehead atoms. The Labute approximate surface area is 151 Å². The highest BCUT2D eigenvalue weighted by Crippen LogP contribution is 2.39. The molecule has 25 heavy (non-hydrogen) atoms. The van der Waals surface area contributed by atoms with Crippen molar-refractivity contribution in [2.24, 2.45) is 0 Å². The number of rotatable bonds is 13. The summed E-state index contributed by atoms with van der Waals surface area (Å²) in [6.45, 7) is 10.2. The lowest BCUT2D eigenvalue weighted by atomic mass is 10.1. The van der Waals surface area contributed by atoms with Gasteiger partial charge in [-0.25, -0.2) is 4.79 Å². The summed E-state index contributed by atoms with van der Waals surface area (Å²) in [5.74, 6) is 1.27. The van der Waals surface area contributed by atoms with Gasteiger partial charge in [0.1, 0.15) is 0 Å². The summed E-state index contributed by atoms with van der Waals surface area (Å²) >= 11 is 0. The first kappa shape index (κ1) is 21.1. The Morgan fingerprint density at radius 1 is 0.760 bits per heavy atom. The molecule has 142 valence electrons. The molecular weight excluding hydrogens is 320 g/mol. The fourth-order valence-corrected chi connectivity index (χ4v) is 2.07. The monoisotopic (exact) mass is 352 g/mol. The molecule has 0 radical (unpaired) electrons. The van der Waals surface area contributed by atoms with Crippen LogP contribution in [0.2, 0.25) is 0 Å². The van der Waals surface area contributed by atoms with Gasteiger partial charge in [-0.3, -0.25) is 0 Å². The Balaban J connectivity index is 3.12. The fourth-order valence-electron chi connectivity index (χ4n) is 2.07. The van der Waals surface area contributed by atoms with Crippen molar-refractivity contribution in [3.8, 4) is 17.2 Å². The van der Waals surface area contributed by atoms with Crippen LogP contribution in [0.4, 0.5) is 0 Å². The van der Waals surface area contributed by atoms with Gasteiger partial charge in [0.25, 0.3) is 0 Å². The van der Waals surface area contributed by atoms with E-state index in [0.29, 0.717) is 49.2 Å². The van der Waals surface area contributed by atoms with E-state index < -0.39 is 0 Å². The maximum Gasteiger partial charge on any atom is 0.338 e. The van der Waals surface area contributed by atoms with Crippen molar-refractivity contribution >= 4 is 5.97 Å². The smallest absolute Gasteiger partial charge is 0.338 e. The topological polar surface area (TPSA) is 54.0 Å². The van der Waals surface area contributed by atoms with Gasteiger partial charge in [-0.1, -0.05) is 34.1 Å². The molecule has 5 nitrogen and oxygen atoms in total. The Bertz CT molecular complexity index is 484. The highest BCUT2D eigenvalue weighted by atomic mass is 16.5. The second-order valence-corrected chi connectivity index (χ2v) is 5.84. The van der Waals surface area contributed by atoms with Crippen molar-refractivity contribution < 1.29 is 23.7 Å². The van der Waals surface area contributed by atoms with E-state index in [4.69, 9.17) is 18.9 Å². The van der Waals surface area contributed by atoms with Crippen molar-refractivity contribution in [3.63, 3.8) is 0 Å². The molecule has 0 N–H and O–H groups in total. The molecule has 1 aromatic rings. The van der Waals surface area contributed by atoms with E-state index in [1.54, 1.807) is 12.1 Å². The molecule has 1 aromatic carbocycles. The van der Waals surface area contributed by atoms with E-state index >= 15 is 0 Å². The maximum atomic E-state index is 12.3. The van der Waals surface area contributed by atoms with Crippen LogP contribution < -0.4 is 14.2 Å². The molecule has 1 rings (SSSR count). The summed E-state index contributed by atoms with van der Waals surface area (Å²) in [4.78, 5) is 12.3. The van der Waals surface area contributed by atoms with Crippen LogP contribution in [-0.2, 0) is 4.74 Å². The van der Waals surface area contributed by atoms with Gasteiger partial charge in [-0.15, -0.1) is 0 Å². The first-order valence-corrected chi connectivity index (χ1v) is 9.41. The highest BCUT2D eigenvalue weighted by Gasteiger charge is 2.19. The summed E-state index contributed by atoms with van der Waals surface area (Å²) < 4.78 is 22.8. The average Bonchev–Trinajstić information content (AvgIpc) is 2.63. The second kappa shape index (κ2) is 12.5. The van der Waals surface area contributed by atoms with Gasteiger partial charge in [-0.05, 0) is 37.8 Å². The number of carbonyl (C=O) groups is 1. The quantitative estimate of drug-likeness (QED) is 0.369. The highest BCUT2D eigenvalue weighted by molar-refractivity contribution is 5.91. The van der Waals surface area contributed by atoms with Crippen molar-refractivity contribution in [2.45, 2.75) is 59.8 Å². The summed E-state index contributed by atoms with van der Waals surface area (Å²) in [7, 11) is 0. The molecular formula is C20H32O5. The van der Waals surface area contributed by atoms with Gasteiger partial charge < -0.3 is 18.9 Å². The van der Waals surface area contributed by atoms with Crippen molar-refractivity contribution in [1.29, 1.82) is 0 Å². The normalized spacial score (nSPS) is 10.4. The van der Waals surface area contributed by atoms with Gasteiger partial charge in [0.15, 0.2) is 11.5 Å². The minimum atomic E-state index is -0.363. The lowest BCUT2D eigenvalue weighted by molar-refractivity contribution is 0.0498. The molecule has 0 aromatic heterocycles. The standard InChI is InChI=1S/C20H32O5/c1-5-9-13-25-20(21)16-14-17(22-10-6-2)19(24-12-8-4)18(15-16)23-11-7-3/h14-15H,5-13H2,1-4H3. The number of benzene rings is 1. The molecule has 0 saturated carbocycles. The van der Waals surface area contributed by atoms with E-state index in [0.717, 1.165) is 32.1 Å². The largest absolute Gasteiger partial charge is 0.490 e. The minimum absolute atomic E-state index is 0.363. The van der Waals surface area contributed by atoms with Crippen LogP contribution in [0.5, 0.6) is 17.2 Å².